The van der Waals surface area contributed by atoms with Crippen LogP contribution in [0.2, 0.25) is 0 Å². The molecule has 90 valence electrons. The van der Waals surface area contributed by atoms with E-state index in [0.717, 1.165) is 21.6 Å². The van der Waals surface area contributed by atoms with Crippen LogP contribution in [-0.4, -0.2) is 19.7 Å². The molecule has 0 aliphatic heterocycles. The molecule has 0 radical (unpaired) electrons. The molecule has 5 heteroatoms. The van der Waals surface area contributed by atoms with E-state index in [1.165, 1.54) is 0 Å². The van der Waals surface area contributed by atoms with Crippen LogP contribution in [0.25, 0.3) is 5.65 Å². The Hall–Kier alpha value is -1.88. The third-order valence-corrected chi connectivity index (χ3v) is 3.37. The molecule has 0 saturated carbocycles. The zero-order valence-corrected chi connectivity index (χ0v) is 11.0. The summed E-state index contributed by atoms with van der Waals surface area (Å²) in [7, 11) is 0. The highest BCUT2D eigenvalue weighted by Gasteiger charge is 2.08. The Balaban J connectivity index is 2.02. The van der Waals surface area contributed by atoms with E-state index in [-0.39, 0.29) is 5.75 Å². The first-order valence-corrected chi connectivity index (χ1v) is 6.30. The van der Waals surface area contributed by atoms with Gasteiger partial charge in [0.1, 0.15) is 11.6 Å². The molecule has 0 unspecified atom stereocenters. The number of phenols is 1. The van der Waals surface area contributed by atoms with Crippen LogP contribution in [0.1, 0.15) is 11.4 Å². The smallest absolute Gasteiger partial charge is 0.161 e. The third-order valence-electron chi connectivity index (χ3n) is 2.75. The Morgan fingerprint density at radius 2 is 1.83 bits per heavy atom. The molecular weight excluding hydrogens is 294 g/mol. The minimum Gasteiger partial charge on any atom is -0.508 e. The SMILES string of the molecule is Oc1ccc(Cc2nnc3cccc(Br)n23)cc1. The number of aromatic hydroxyl groups is 1. The molecule has 0 bridgehead atoms. The lowest BCUT2D eigenvalue weighted by Crippen LogP contribution is -1.97. The topological polar surface area (TPSA) is 50.4 Å². The second-order valence-corrected chi connectivity index (χ2v) is 4.81. The highest BCUT2D eigenvalue weighted by molar-refractivity contribution is 9.10. The molecule has 0 saturated heterocycles. The molecule has 3 aromatic rings. The Kier molecular flexibility index (Phi) is 2.76. The minimum absolute atomic E-state index is 0.269. The number of fused-ring (bicyclic) bond motifs is 1. The standard InChI is InChI=1S/C13H10BrN3O/c14-11-2-1-3-12-15-16-13(17(11)12)8-9-4-6-10(18)7-5-9/h1-7,18H,8H2. The molecule has 4 nitrogen and oxygen atoms in total. The molecule has 0 fully saturated rings. The van der Waals surface area contributed by atoms with Crippen LogP contribution in [0.15, 0.2) is 47.1 Å². The summed E-state index contributed by atoms with van der Waals surface area (Å²) in [6, 6.07) is 12.9. The summed E-state index contributed by atoms with van der Waals surface area (Å²) >= 11 is 3.49. The van der Waals surface area contributed by atoms with Crippen molar-refractivity contribution in [3.05, 3.63) is 58.5 Å². The Bertz CT molecular complexity index is 691. The van der Waals surface area contributed by atoms with Crippen LogP contribution in [0, 0.1) is 0 Å². The highest BCUT2D eigenvalue weighted by Crippen LogP contribution is 2.17. The summed E-state index contributed by atoms with van der Waals surface area (Å²) in [6.45, 7) is 0. The number of aromatic nitrogens is 3. The molecule has 1 aromatic carbocycles. The van der Waals surface area contributed by atoms with Crippen molar-refractivity contribution in [2.24, 2.45) is 0 Å². The van der Waals surface area contributed by atoms with Gasteiger partial charge in [-0.25, -0.2) is 0 Å². The van der Waals surface area contributed by atoms with Crippen LogP contribution >= 0.6 is 15.9 Å². The lowest BCUT2D eigenvalue weighted by Gasteiger charge is -2.02. The summed E-state index contributed by atoms with van der Waals surface area (Å²) in [5.74, 6) is 1.13. The number of nitrogens with zero attached hydrogens (tertiary/aromatic N) is 3. The van der Waals surface area contributed by atoms with E-state index in [1.54, 1.807) is 12.1 Å². The van der Waals surface area contributed by atoms with E-state index in [2.05, 4.69) is 26.1 Å². The Morgan fingerprint density at radius 1 is 1.06 bits per heavy atom. The van der Waals surface area contributed by atoms with Crippen molar-refractivity contribution in [1.29, 1.82) is 0 Å². The van der Waals surface area contributed by atoms with Crippen molar-refractivity contribution in [2.45, 2.75) is 6.42 Å². The average Bonchev–Trinajstić information content (AvgIpc) is 2.77. The minimum atomic E-state index is 0.269. The van der Waals surface area contributed by atoms with E-state index in [0.29, 0.717) is 6.42 Å². The van der Waals surface area contributed by atoms with E-state index in [9.17, 15) is 5.11 Å². The number of rotatable bonds is 2. The first-order chi connectivity index (χ1) is 8.74. The maximum Gasteiger partial charge on any atom is 0.161 e. The fourth-order valence-electron chi connectivity index (χ4n) is 1.87. The van der Waals surface area contributed by atoms with Crippen molar-refractivity contribution < 1.29 is 5.11 Å². The van der Waals surface area contributed by atoms with E-state index < -0.39 is 0 Å². The predicted octanol–water partition coefficient (Wildman–Crippen LogP) is 2.79. The largest absolute Gasteiger partial charge is 0.508 e. The summed E-state index contributed by atoms with van der Waals surface area (Å²) in [5, 5.41) is 17.6. The van der Waals surface area contributed by atoms with Gasteiger partial charge in [-0.3, -0.25) is 4.40 Å². The lowest BCUT2D eigenvalue weighted by atomic mass is 10.1. The van der Waals surface area contributed by atoms with Gasteiger partial charge in [0.25, 0.3) is 0 Å². The summed E-state index contributed by atoms with van der Waals surface area (Å²) in [5.41, 5.74) is 1.90. The molecule has 0 spiro atoms. The summed E-state index contributed by atoms with van der Waals surface area (Å²) in [4.78, 5) is 0. The van der Waals surface area contributed by atoms with Crippen molar-refractivity contribution >= 4 is 21.6 Å². The van der Waals surface area contributed by atoms with Gasteiger partial charge in [-0.1, -0.05) is 18.2 Å². The van der Waals surface area contributed by atoms with E-state index >= 15 is 0 Å². The third kappa shape index (κ3) is 1.97. The quantitative estimate of drug-likeness (QED) is 0.741. The van der Waals surface area contributed by atoms with Gasteiger partial charge in [0, 0.05) is 6.42 Å². The van der Waals surface area contributed by atoms with Crippen molar-refractivity contribution in [2.75, 3.05) is 0 Å². The Morgan fingerprint density at radius 3 is 2.61 bits per heavy atom. The monoisotopic (exact) mass is 303 g/mol. The van der Waals surface area contributed by atoms with Crippen LogP contribution in [0.4, 0.5) is 0 Å². The molecule has 2 heterocycles. The predicted molar refractivity (Wildman–Crippen MR) is 71.6 cm³/mol. The molecule has 0 amide bonds. The number of halogens is 1. The van der Waals surface area contributed by atoms with Crippen LogP contribution < -0.4 is 0 Å². The average molecular weight is 304 g/mol. The lowest BCUT2D eigenvalue weighted by molar-refractivity contribution is 0.475. The molecular formula is C13H10BrN3O. The van der Waals surface area contributed by atoms with Gasteiger partial charge in [-0.2, -0.15) is 0 Å². The zero-order valence-electron chi connectivity index (χ0n) is 9.42. The number of phenolic OH excluding ortho intramolecular Hbond substituents is 1. The van der Waals surface area contributed by atoms with Crippen LogP contribution in [0.3, 0.4) is 0 Å². The van der Waals surface area contributed by atoms with Crippen LogP contribution in [0.5, 0.6) is 5.75 Å². The van der Waals surface area contributed by atoms with Gasteiger partial charge in [-0.05, 0) is 45.8 Å². The molecule has 0 atom stereocenters. The molecule has 18 heavy (non-hydrogen) atoms. The molecule has 0 aliphatic carbocycles. The normalized spacial score (nSPS) is 10.9. The fraction of sp³-hybridized carbons (Fsp3) is 0.0769. The van der Waals surface area contributed by atoms with Gasteiger partial charge in [-0.15, -0.1) is 10.2 Å². The van der Waals surface area contributed by atoms with Gasteiger partial charge >= 0.3 is 0 Å². The summed E-state index contributed by atoms with van der Waals surface area (Å²) < 4.78 is 2.89. The number of hydrogen-bond acceptors (Lipinski definition) is 3. The van der Waals surface area contributed by atoms with Gasteiger partial charge in [0.15, 0.2) is 5.65 Å². The fourth-order valence-corrected chi connectivity index (χ4v) is 2.41. The number of hydrogen-bond donors (Lipinski definition) is 1. The van der Waals surface area contributed by atoms with Crippen LogP contribution in [-0.2, 0) is 6.42 Å². The number of pyridine rings is 1. The first kappa shape index (κ1) is 11.2. The zero-order chi connectivity index (χ0) is 12.5. The van der Waals surface area contributed by atoms with Crippen molar-refractivity contribution in [3.8, 4) is 5.75 Å². The van der Waals surface area contributed by atoms with Crippen molar-refractivity contribution in [3.63, 3.8) is 0 Å². The first-order valence-electron chi connectivity index (χ1n) is 5.50. The van der Waals surface area contributed by atoms with Gasteiger partial charge in [0.05, 0.1) is 4.60 Å². The maximum absolute atomic E-state index is 9.26. The van der Waals surface area contributed by atoms with Gasteiger partial charge in [0.2, 0.25) is 0 Å². The molecule has 3 rings (SSSR count). The summed E-state index contributed by atoms with van der Waals surface area (Å²) in [6.07, 6.45) is 0.671. The highest BCUT2D eigenvalue weighted by atomic mass is 79.9. The molecule has 1 N–H and O–H groups in total. The van der Waals surface area contributed by atoms with Gasteiger partial charge < -0.3 is 5.11 Å². The molecule has 0 aliphatic rings. The Labute approximate surface area is 112 Å². The van der Waals surface area contributed by atoms with E-state index in [4.69, 9.17) is 0 Å². The van der Waals surface area contributed by atoms with Crippen molar-refractivity contribution in [1.82, 2.24) is 14.6 Å². The maximum atomic E-state index is 9.26. The number of benzene rings is 1. The second kappa shape index (κ2) is 4.42. The molecule has 2 aromatic heterocycles. The van der Waals surface area contributed by atoms with E-state index in [1.807, 2.05) is 34.7 Å². The second-order valence-electron chi connectivity index (χ2n) is 4.00.